The van der Waals surface area contributed by atoms with Gasteiger partial charge in [-0.25, -0.2) is 4.79 Å². The molecule has 4 amide bonds. The third-order valence-electron chi connectivity index (χ3n) is 5.00. The molecule has 0 spiro atoms. The zero-order chi connectivity index (χ0) is 21.3. The molecule has 3 rings (SSSR count). The fraction of sp³-hybridized carbons (Fsp3) is 0.250. The van der Waals surface area contributed by atoms with E-state index in [1.54, 1.807) is 12.1 Å². The van der Waals surface area contributed by atoms with Crippen molar-refractivity contribution in [3.63, 3.8) is 0 Å². The van der Waals surface area contributed by atoms with Gasteiger partial charge in [-0.3, -0.25) is 24.6 Å². The van der Waals surface area contributed by atoms with Gasteiger partial charge in [-0.2, -0.15) is 0 Å². The number of rotatable bonds is 5. The summed E-state index contributed by atoms with van der Waals surface area (Å²) in [5.74, 6) is -1.18. The number of hydrogen-bond acceptors (Lipinski definition) is 5. The molecule has 9 nitrogen and oxygen atoms in total. The monoisotopic (exact) mass is 396 g/mol. The second kappa shape index (κ2) is 7.34. The number of carbonyl (C=O) groups is 3. The number of nitro groups is 1. The highest BCUT2D eigenvalue weighted by molar-refractivity contribution is 6.10. The van der Waals surface area contributed by atoms with E-state index in [0.717, 1.165) is 16.0 Å². The quantitative estimate of drug-likeness (QED) is 0.457. The molecule has 0 saturated carbocycles. The van der Waals surface area contributed by atoms with Crippen molar-refractivity contribution in [3.05, 3.63) is 69.3 Å². The molecule has 2 N–H and O–H groups in total. The summed E-state index contributed by atoms with van der Waals surface area (Å²) >= 11 is 0. The van der Waals surface area contributed by atoms with Gasteiger partial charge in [0.25, 0.3) is 11.6 Å². The van der Waals surface area contributed by atoms with Gasteiger partial charge in [-0.1, -0.05) is 18.2 Å². The summed E-state index contributed by atoms with van der Waals surface area (Å²) in [5, 5.41) is 16.2. The number of hydrogen-bond donors (Lipinski definition) is 2. The molecular formula is C20H20N4O5. The van der Waals surface area contributed by atoms with Crippen LogP contribution in [0.1, 0.15) is 23.6 Å². The summed E-state index contributed by atoms with van der Waals surface area (Å²) < 4.78 is 0. The van der Waals surface area contributed by atoms with Crippen molar-refractivity contribution in [1.82, 2.24) is 10.2 Å². The minimum absolute atomic E-state index is 0.197. The van der Waals surface area contributed by atoms with Crippen molar-refractivity contribution in [2.24, 2.45) is 0 Å². The molecule has 1 fully saturated rings. The van der Waals surface area contributed by atoms with Gasteiger partial charge in [-0.05, 0) is 49.6 Å². The first kappa shape index (κ1) is 20.0. The number of imide groups is 1. The maximum absolute atomic E-state index is 12.9. The molecule has 0 radical (unpaired) electrons. The molecule has 0 bridgehead atoms. The lowest BCUT2D eigenvalue weighted by Crippen LogP contribution is -2.42. The number of anilines is 1. The molecule has 1 atom stereocenters. The highest BCUT2D eigenvalue weighted by Crippen LogP contribution is 2.30. The van der Waals surface area contributed by atoms with Crippen molar-refractivity contribution >= 4 is 29.2 Å². The summed E-state index contributed by atoms with van der Waals surface area (Å²) in [6.45, 7) is 4.84. The van der Waals surface area contributed by atoms with Crippen molar-refractivity contribution in [2.75, 3.05) is 11.9 Å². The summed E-state index contributed by atoms with van der Waals surface area (Å²) in [4.78, 5) is 48.9. The van der Waals surface area contributed by atoms with Gasteiger partial charge in [0.15, 0.2) is 0 Å². The Morgan fingerprint density at radius 3 is 2.55 bits per heavy atom. The van der Waals surface area contributed by atoms with Crippen LogP contribution in [0.15, 0.2) is 42.5 Å². The highest BCUT2D eigenvalue weighted by atomic mass is 16.6. The largest absolute Gasteiger partial charge is 0.325 e. The van der Waals surface area contributed by atoms with E-state index in [0.29, 0.717) is 5.69 Å². The van der Waals surface area contributed by atoms with Crippen molar-refractivity contribution < 1.29 is 19.3 Å². The fourth-order valence-electron chi connectivity index (χ4n) is 3.13. The van der Waals surface area contributed by atoms with Crippen LogP contribution < -0.4 is 10.6 Å². The van der Waals surface area contributed by atoms with Crippen LogP contribution >= 0.6 is 0 Å². The van der Waals surface area contributed by atoms with Crippen LogP contribution in [0.3, 0.4) is 0 Å². The third kappa shape index (κ3) is 3.79. The Hall–Kier alpha value is -3.75. The number of carbonyl (C=O) groups excluding carboxylic acids is 3. The molecule has 1 aliphatic heterocycles. The maximum atomic E-state index is 12.9. The number of nitro benzene ring substituents is 1. The average molecular weight is 396 g/mol. The minimum atomic E-state index is -1.50. The van der Waals surface area contributed by atoms with Gasteiger partial charge in [0.2, 0.25) is 5.91 Å². The van der Waals surface area contributed by atoms with E-state index in [2.05, 4.69) is 10.6 Å². The van der Waals surface area contributed by atoms with E-state index in [4.69, 9.17) is 0 Å². The molecule has 1 aliphatic rings. The first-order chi connectivity index (χ1) is 13.6. The molecule has 1 heterocycles. The number of aryl methyl sites for hydroxylation is 2. The number of nitrogens with one attached hydrogen (secondary N) is 2. The molecule has 2 aromatic carbocycles. The Morgan fingerprint density at radius 2 is 1.90 bits per heavy atom. The second-order valence-electron chi connectivity index (χ2n) is 7.10. The molecule has 2 aromatic rings. The third-order valence-corrected chi connectivity index (χ3v) is 5.00. The van der Waals surface area contributed by atoms with Crippen LogP contribution in [0.5, 0.6) is 0 Å². The van der Waals surface area contributed by atoms with Crippen molar-refractivity contribution in [3.8, 4) is 0 Å². The molecular weight excluding hydrogens is 376 g/mol. The number of nitrogens with zero attached hydrogens (tertiary/aromatic N) is 2. The van der Waals surface area contributed by atoms with Crippen LogP contribution in [-0.2, 0) is 15.1 Å². The Labute approximate surface area is 166 Å². The molecule has 9 heteroatoms. The predicted octanol–water partition coefficient (Wildman–Crippen LogP) is 2.62. The predicted molar refractivity (Wildman–Crippen MR) is 105 cm³/mol. The summed E-state index contributed by atoms with van der Waals surface area (Å²) in [6, 6.07) is 10.1. The average Bonchev–Trinajstić information content (AvgIpc) is 2.89. The first-order valence-corrected chi connectivity index (χ1v) is 8.88. The van der Waals surface area contributed by atoms with E-state index >= 15 is 0 Å². The maximum Gasteiger partial charge on any atom is 0.325 e. The van der Waals surface area contributed by atoms with Crippen LogP contribution in [0, 0.1) is 24.0 Å². The zero-order valence-corrected chi connectivity index (χ0v) is 16.2. The van der Waals surface area contributed by atoms with Crippen molar-refractivity contribution in [1.29, 1.82) is 0 Å². The Balaban J connectivity index is 1.77. The lowest BCUT2D eigenvalue weighted by molar-refractivity contribution is -0.385. The van der Waals surface area contributed by atoms with Crippen LogP contribution in [0.25, 0.3) is 0 Å². The van der Waals surface area contributed by atoms with Gasteiger partial charge < -0.3 is 10.6 Å². The number of non-ortho nitro benzene ring substituents is 1. The van der Waals surface area contributed by atoms with E-state index in [1.165, 1.54) is 31.2 Å². The van der Waals surface area contributed by atoms with Gasteiger partial charge in [-0.15, -0.1) is 0 Å². The Morgan fingerprint density at radius 1 is 1.17 bits per heavy atom. The summed E-state index contributed by atoms with van der Waals surface area (Å²) in [7, 11) is 0. The van der Waals surface area contributed by atoms with E-state index in [9.17, 15) is 24.5 Å². The molecule has 0 aliphatic carbocycles. The van der Waals surface area contributed by atoms with Gasteiger partial charge >= 0.3 is 6.03 Å². The van der Waals surface area contributed by atoms with E-state index < -0.39 is 34.9 Å². The fourth-order valence-corrected chi connectivity index (χ4v) is 3.13. The summed E-state index contributed by atoms with van der Waals surface area (Å²) in [5.41, 5.74) is 1.20. The van der Waals surface area contributed by atoms with Crippen LogP contribution in [-0.4, -0.2) is 34.2 Å². The highest BCUT2D eigenvalue weighted by Gasteiger charge is 2.49. The lowest BCUT2D eigenvalue weighted by Gasteiger charge is -2.22. The number of benzene rings is 2. The molecule has 150 valence electrons. The number of amides is 4. The Kier molecular flexibility index (Phi) is 5.06. The SMILES string of the molecule is Cc1ccc(NC(=O)CN2C(=O)NC(C)(c3cccc([N+](=O)[O-])c3)C2=O)cc1C. The van der Waals surface area contributed by atoms with Gasteiger partial charge in [0.1, 0.15) is 12.1 Å². The normalized spacial score (nSPS) is 18.5. The minimum Gasteiger partial charge on any atom is -0.325 e. The molecule has 1 unspecified atom stereocenters. The lowest BCUT2D eigenvalue weighted by atomic mass is 9.91. The van der Waals surface area contributed by atoms with Crippen LogP contribution in [0.4, 0.5) is 16.2 Å². The first-order valence-electron chi connectivity index (χ1n) is 8.88. The molecule has 0 aromatic heterocycles. The van der Waals surface area contributed by atoms with Crippen molar-refractivity contribution in [2.45, 2.75) is 26.3 Å². The van der Waals surface area contributed by atoms with Gasteiger partial charge in [0, 0.05) is 17.8 Å². The molecule has 29 heavy (non-hydrogen) atoms. The zero-order valence-electron chi connectivity index (χ0n) is 16.2. The van der Waals surface area contributed by atoms with Gasteiger partial charge in [0.05, 0.1) is 4.92 Å². The Bertz CT molecular complexity index is 1040. The topological polar surface area (TPSA) is 122 Å². The summed E-state index contributed by atoms with van der Waals surface area (Å²) in [6.07, 6.45) is 0. The van der Waals surface area contributed by atoms with Crippen LogP contribution in [0.2, 0.25) is 0 Å². The molecule has 1 saturated heterocycles. The second-order valence-corrected chi connectivity index (χ2v) is 7.10. The standard InChI is InChI=1S/C20H20N4O5/c1-12-7-8-15(9-13(12)2)21-17(25)11-23-18(26)20(3,22-19(23)27)14-5-4-6-16(10-14)24(28)29/h4-10H,11H2,1-3H3,(H,21,25)(H,22,27). The smallest absolute Gasteiger partial charge is 0.325 e. The number of urea groups is 1. The van der Waals surface area contributed by atoms with E-state index in [1.807, 2.05) is 19.9 Å². The van der Waals surface area contributed by atoms with E-state index in [-0.39, 0.29) is 11.3 Å².